The molecule has 1 aromatic rings. The van der Waals surface area contributed by atoms with Gasteiger partial charge in [0.1, 0.15) is 11.7 Å². The number of hydrogen-bond donors (Lipinski definition) is 4. The number of hydrogen-bond acceptors (Lipinski definition) is 5. The van der Waals surface area contributed by atoms with Crippen molar-refractivity contribution in [1.82, 2.24) is 0 Å². The molecule has 1 fully saturated rings. The molecule has 0 amide bonds. The fourth-order valence-electron chi connectivity index (χ4n) is 2.32. The molecule has 1 saturated carbocycles. The summed E-state index contributed by atoms with van der Waals surface area (Å²) in [5, 5.41) is 38.8. The van der Waals surface area contributed by atoms with Crippen molar-refractivity contribution in [3.8, 4) is 0 Å². The Morgan fingerprint density at radius 3 is 2.06 bits per heavy atom. The number of Topliss-reactive ketones (excluding diaryl/α,β-unsaturated/α-hetero) is 1. The van der Waals surface area contributed by atoms with Gasteiger partial charge in [0.15, 0.2) is 5.78 Å². The minimum Gasteiger partial charge on any atom is -0.390 e. The molecule has 98 valence electrons. The Labute approximate surface area is 104 Å². The molecule has 5 nitrogen and oxygen atoms in total. The summed E-state index contributed by atoms with van der Waals surface area (Å²) in [4.78, 5) is 12.2. The van der Waals surface area contributed by atoms with Gasteiger partial charge in [-0.3, -0.25) is 4.79 Å². The van der Waals surface area contributed by atoms with Gasteiger partial charge in [-0.05, 0) is 0 Å². The maximum absolute atomic E-state index is 12.2. The van der Waals surface area contributed by atoms with Crippen LogP contribution in [0.5, 0.6) is 0 Å². The van der Waals surface area contributed by atoms with Gasteiger partial charge in [0.05, 0.1) is 12.2 Å². The van der Waals surface area contributed by atoms with Crippen LogP contribution >= 0.6 is 0 Å². The van der Waals surface area contributed by atoms with Gasteiger partial charge in [-0.2, -0.15) is 0 Å². The van der Waals surface area contributed by atoms with Crippen molar-refractivity contribution < 1.29 is 25.2 Å². The van der Waals surface area contributed by atoms with Crippen LogP contribution in [0.3, 0.4) is 0 Å². The quantitative estimate of drug-likeness (QED) is 0.531. The van der Waals surface area contributed by atoms with E-state index in [0.29, 0.717) is 5.56 Å². The average Bonchev–Trinajstić information content (AvgIpc) is 2.36. The molecule has 1 aliphatic rings. The summed E-state index contributed by atoms with van der Waals surface area (Å²) in [6.45, 7) is 0. The number of aliphatic hydroxyl groups is 4. The Bertz CT molecular complexity index is 418. The molecule has 0 heterocycles. The number of rotatable bonds is 2. The molecule has 2 rings (SSSR count). The molecule has 1 aliphatic carbocycles. The number of carbonyl (C=O) groups excluding carboxylic acids is 1. The lowest BCUT2D eigenvalue weighted by molar-refractivity contribution is -0.139. The summed E-state index contributed by atoms with van der Waals surface area (Å²) in [5.74, 6) is -0.548. The van der Waals surface area contributed by atoms with Crippen LogP contribution in [0.25, 0.3) is 0 Å². The van der Waals surface area contributed by atoms with Gasteiger partial charge in [0.25, 0.3) is 0 Å². The van der Waals surface area contributed by atoms with Crippen LogP contribution in [0.1, 0.15) is 23.2 Å². The third-order valence-corrected chi connectivity index (χ3v) is 3.34. The van der Waals surface area contributed by atoms with Gasteiger partial charge in [-0.15, -0.1) is 0 Å². The summed E-state index contributed by atoms with van der Waals surface area (Å²) in [6, 6.07) is 8.20. The predicted octanol–water partition coefficient (Wildman–Crippen LogP) is -0.523. The first-order valence-electron chi connectivity index (χ1n) is 5.80. The van der Waals surface area contributed by atoms with Crippen LogP contribution in [0.15, 0.2) is 30.3 Å². The highest BCUT2D eigenvalue weighted by molar-refractivity contribution is 6.02. The van der Waals surface area contributed by atoms with Crippen LogP contribution in [0, 0.1) is 0 Å². The second-order valence-corrected chi connectivity index (χ2v) is 4.76. The molecule has 0 spiro atoms. The SMILES string of the molecule is O=C(c1ccccc1)C1(O)CC(O)C(O)C(O)C1. The summed E-state index contributed by atoms with van der Waals surface area (Å²) in [6.07, 6.45) is -4.51. The lowest BCUT2D eigenvalue weighted by atomic mass is 9.75. The molecule has 18 heavy (non-hydrogen) atoms. The summed E-state index contributed by atoms with van der Waals surface area (Å²) < 4.78 is 0. The smallest absolute Gasteiger partial charge is 0.194 e. The zero-order valence-corrected chi connectivity index (χ0v) is 9.73. The summed E-state index contributed by atoms with van der Waals surface area (Å²) in [7, 11) is 0. The van der Waals surface area contributed by atoms with Crippen LogP contribution in [-0.2, 0) is 0 Å². The average molecular weight is 252 g/mol. The number of carbonyl (C=O) groups is 1. The lowest BCUT2D eigenvalue weighted by Crippen LogP contribution is -2.56. The molecule has 0 radical (unpaired) electrons. The van der Waals surface area contributed by atoms with Gasteiger partial charge in [-0.1, -0.05) is 30.3 Å². The van der Waals surface area contributed by atoms with E-state index in [-0.39, 0.29) is 12.8 Å². The summed E-state index contributed by atoms with van der Waals surface area (Å²) in [5.41, 5.74) is -1.52. The van der Waals surface area contributed by atoms with Gasteiger partial charge in [-0.25, -0.2) is 0 Å². The Balaban J connectivity index is 2.24. The van der Waals surface area contributed by atoms with Crippen molar-refractivity contribution >= 4 is 5.78 Å². The van der Waals surface area contributed by atoms with E-state index in [0.717, 1.165) is 0 Å². The maximum Gasteiger partial charge on any atom is 0.194 e. The molecule has 5 heteroatoms. The van der Waals surface area contributed by atoms with Crippen LogP contribution in [0.4, 0.5) is 0 Å². The fourth-order valence-corrected chi connectivity index (χ4v) is 2.32. The molecule has 4 N–H and O–H groups in total. The van der Waals surface area contributed by atoms with Crippen molar-refractivity contribution in [1.29, 1.82) is 0 Å². The molecule has 0 aromatic heterocycles. The first kappa shape index (κ1) is 13.2. The van der Waals surface area contributed by atoms with Crippen LogP contribution in [0.2, 0.25) is 0 Å². The van der Waals surface area contributed by atoms with E-state index >= 15 is 0 Å². The zero-order valence-electron chi connectivity index (χ0n) is 9.73. The van der Waals surface area contributed by atoms with E-state index in [1.165, 1.54) is 0 Å². The van der Waals surface area contributed by atoms with E-state index in [1.54, 1.807) is 30.3 Å². The molecular weight excluding hydrogens is 236 g/mol. The van der Waals surface area contributed by atoms with Crippen molar-refractivity contribution in [3.05, 3.63) is 35.9 Å². The van der Waals surface area contributed by atoms with Gasteiger partial charge < -0.3 is 20.4 Å². The molecule has 2 atom stereocenters. The van der Waals surface area contributed by atoms with E-state index in [1.807, 2.05) is 0 Å². The normalized spacial score (nSPS) is 36.3. The van der Waals surface area contributed by atoms with Crippen molar-refractivity contribution in [3.63, 3.8) is 0 Å². The molecule has 1 aromatic carbocycles. The fraction of sp³-hybridized carbons (Fsp3) is 0.462. The monoisotopic (exact) mass is 252 g/mol. The van der Waals surface area contributed by atoms with E-state index in [9.17, 15) is 25.2 Å². The second-order valence-electron chi connectivity index (χ2n) is 4.76. The molecular formula is C13H16O5. The van der Waals surface area contributed by atoms with Crippen molar-refractivity contribution in [2.24, 2.45) is 0 Å². The first-order chi connectivity index (χ1) is 8.44. The third-order valence-electron chi connectivity index (χ3n) is 3.34. The van der Waals surface area contributed by atoms with E-state index < -0.39 is 29.7 Å². The highest BCUT2D eigenvalue weighted by Gasteiger charge is 2.48. The third kappa shape index (κ3) is 2.30. The Morgan fingerprint density at radius 2 is 1.56 bits per heavy atom. The second kappa shape index (κ2) is 4.78. The Kier molecular flexibility index (Phi) is 3.49. The van der Waals surface area contributed by atoms with Gasteiger partial charge >= 0.3 is 0 Å². The van der Waals surface area contributed by atoms with E-state index in [4.69, 9.17) is 0 Å². The molecule has 2 unspecified atom stereocenters. The molecule has 0 saturated heterocycles. The van der Waals surface area contributed by atoms with Gasteiger partial charge in [0.2, 0.25) is 0 Å². The Morgan fingerprint density at radius 1 is 1.06 bits per heavy atom. The Hall–Kier alpha value is -1.27. The highest BCUT2D eigenvalue weighted by atomic mass is 16.4. The van der Waals surface area contributed by atoms with Crippen molar-refractivity contribution in [2.45, 2.75) is 36.8 Å². The largest absolute Gasteiger partial charge is 0.390 e. The van der Waals surface area contributed by atoms with E-state index in [2.05, 4.69) is 0 Å². The van der Waals surface area contributed by atoms with Crippen molar-refractivity contribution in [2.75, 3.05) is 0 Å². The predicted molar refractivity (Wildman–Crippen MR) is 63.0 cm³/mol. The minimum absolute atomic E-state index is 0.279. The highest BCUT2D eigenvalue weighted by Crippen LogP contribution is 2.32. The first-order valence-corrected chi connectivity index (χ1v) is 5.80. The minimum atomic E-state index is -1.83. The van der Waals surface area contributed by atoms with Gasteiger partial charge in [0, 0.05) is 18.4 Å². The number of aliphatic hydroxyl groups excluding tert-OH is 3. The van der Waals surface area contributed by atoms with Crippen LogP contribution in [-0.4, -0.2) is 50.1 Å². The lowest BCUT2D eigenvalue weighted by Gasteiger charge is -2.39. The number of benzene rings is 1. The standard InChI is InChI=1S/C13H16O5/c14-9-6-13(18,7-10(15)11(9)16)12(17)8-4-2-1-3-5-8/h1-5,9-11,14-16,18H,6-7H2. The molecule has 0 bridgehead atoms. The zero-order chi connectivity index (χ0) is 13.3. The molecule has 0 aliphatic heterocycles. The maximum atomic E-state index is 12.2. The number of ketones is 1. The summed E-state index contributed by atoms with van der Waals surface area (Å²) >= 11 is 0. The van der Waals surface area contributed by atoms with Crippen LogP contribution < -0.4 is 0 Å². The topological polar surface area (TPSA) is 98.0 Å².